The van der Waals surface area contributed by atoms with Crippen molar-refractivity contribution in [1.82, 2.24) is 4.90 Å². The van der Waals surface area contributed by atoms with Crippen LogP contribution in [-0.4, -0.2) is 63.3 Å². The van der Waals surface area contributed by atoms with Gasteiger partial charge in [0.2, 0.25) is 0 Å². The zero-order valence-electron chi connectivity index (χ0n) is 32.7. The van der Waals surface area contributed by atoms with E-state index in [1.807, 2.05) is 19.0 Å². The minimum atomic E-state index is -0.372. The molecule has 7 nitrogen and oxygen atoms in total. The Morgan fingerprint density at radius 3 is 1.74 bits per heavy atom. The van der Waals surface area contributed by atoms with Gasteiger partial charge in [-0.1, -0.05) is 83.6 Å². The summed E-state index contributed by atoms with van der Waals surface area (Å²) in [4.78, 5) is 40.3. The second kappa shape index (κ2) is 22.0. The topological polar surface area (TPSA) is 82.1 Å². The standard InChI is InChI=1S/C43H73NO6/c1-6-7-8-9-10-11-12-13-14-15-16-17-18-19-20-21-23-38(45)48-30-37(31-49-39(46)24-22-25-44(4)5)32-50-40(47)29-43-28-36-26-41(2,34-43)33-42(3,27-36)35-43/h10-11,13-14,36-37H,6-9,12,15-35H2,1-5H3/b11-10-,14-13-. The monoisotopic (exact) mass is 700 g/mol. The molecule has 4 fully saturated rings. The van der Waals surface area contributed by atoms with E-state index >= 15 is 0 Å². The molecule has 0 N–H and O–H groups in total. The first-order chi connectivity index (χ1) is 23.9. The van der Waals surface area contributed by atoms with Gasteiger partial charge in [0.25, 0.3) is 0 Å². The Labute approximate surface area is 305 Å². The maximum atomic E-state index is 13.3. The van der Waals surface area contributed by atoms with Crippen LogP contribution in [0.15, 0.2) is 24.3 Å². The Morgan fingerprint density at radius 1 is 0.660 bits per heavy atom. The highest BCUT2D eigenvalue weighted by Gasteiger charge is 2.60. The molecule has 0 heterocycles. The van der Waals surface area contributed by atoms with Crippen molar-refractivity contribution in [3.05, 3.63) is 24.3 Å². The van der Waals surface area contributed by atoms with Crippen molar-refractivity contribution < 1.29 is 28.6 Å². The predicted molar refractivity (Wildman–Crippen MR) is 203 cm³/mol. The lowest BCUT2D eigenvalue weighted by Gasteiger charge is -2.65. The van der Waals surface area contributed by atoms with E-state index in [1.165, 1.54) is 64.2 Å². The summed E-state index contributed by atoms with van der Waals surface area (Å²) in [6.07, 6.45) is 32.1. The molecule has 3 unspecified atom stereocenters. The van der Waals surface area contributed by atoms with Gasteiger partial charge in [-0.05, 0) is 126 Å². The molecule has 0 aromatic heterocycles. The summed E-state index contributed by atoms with van der Waals surface area (Å²) in [5.74, 6) is -0.334. The molecule has 4 rings (SSSR count). The fraction of sp³-hybridized carbons (Fsp3) is 0.837. The van der Waals surface area contributed by atoms with Gasteiger partial charge in [-0.2, -0.15) is 0 Å². The summed E-state index contributed by atoms with van der Waals surface area (Å²) in [7, 11) is 3.95. The van der Waals surface area contributed by atoms with E-state index in [1.54, 1.807) is 0 Å². The van der Waals surface area contributed by atoms with E-state index in [9.17, 15) is 14.4 Å². The first-order valence-corrected chi connectivity index (χ1v) is 20.4. The fourth-order valence-corrected chi connectivity index (χ4v) is 9.96. The van der Waals surface area contributed by atoms with Crippen molar-refractivity contribution in [2.75, 3.05) is 40.5 Å². The Balaban J connectivity index is 1.32. The second-order valence-electron chi connectivity index (χ2n) is 17.5. The van der Waals surface area contributed by atoms with Crippen LogP contribution in [0.3, 0.4) is 0 Å². The first kappa shape index (κ1) is 42.3. The van der Waals surface area contributed by atoms with Crippen LogP contribution < -0.4 is 0 Å². The summed E-state index contributed by atoms with van der Waals surface area (Å²) < 4.78 is 17.0. The van der Waals surface area contributed by atoms with Crippen molar-refractivity contribution in [3.63, 3.8) is 0 Å². The molecule has 4 bridgehead atoms. The highest BCUT2D eigenvalue weighted by molar-refractivity contribution is 5.71. The normalized spacial score (nSPS) is 26.2. The van der Waals surface area contributed by atoms with Crippen molar-refractivity contribution in [2.24, 2.45) is 28.1 Å². The fourth-order valence-electron chi connectivity index (χ4n) is 9.96. The molecule has 0 spiro atoms. The summed E-state index contributed by atoms with van der Waals surface area (Å²) >= 11 is 0. The highest BCUT2D eigenvalue weighted by Crippen LogP contribution is 2.70. The van der Waals surface area contributed by atoms with Gasteiger partial charge in [-0.25, -0.2) is 0 Å². The van der Waals surface area contributed by atoms with E-state index in [2.05, 4.69) is 45.1 Å². The smallest absolute Gasteiger partial charge is 0.306 e. The molecule has 50 heavy (non-hydrogen) atoms. The van der Waals surface area contributed by atoms with Gasteiger partial charge in [-0.15, -0.1) is 0 Å². The molecular formula is C43H73NO6. The third-order valence-corrected chi connectivity index (χ3v) is 11.3. The second-order valence-corrected chi connectivity index (χ2v) is 17.5. The van der Waals surface area contributed by atoms with Crippen LogP contribution in [-0.2, 0) is 28.6 Å². The van der Waals surface area contributed by atoms with Crippen molar-refractivity contribution in [2.45, 2.75) is 162 Å². The quantitative estimate of drug-likeness (QED) is 0.0365. The molecule has 0 aliphatic heterocycles. The van der Waals surface area contributed by atoms with Gasteiger partial charge in [0.15, 0.2) is 0 Å². The third kappa shape index (κ3) is 16.5. The molecule has 0 amide bonds. The predicted octanol–water partition coefficient (Wildman–Crippen LogP) is 10.2. The molecule has 4 aliphatic carbocycles. The molecule has 7 heteroatoms. The van der Waals surface area contributed by atoms with E-state index < -0.39 is 0 Å². The molecule has 0 aromatic carbocycles. The number of carbonyl (C=O) groups is 3. The van der Waals surface area contributed by atoms with Crippen LogP contribution in [0.25, 0.3) is 0 Å². The highest BCUT2D eigenvalue weighted by atomic mass is 16.6. The lowest BCUT2D eigenvalue weighted by Crippen LogP contribution is -2.55. The Hall–Kier alpha value is -2.15. The molecular weight excluding hydrogens is 626 g/mol. The SMILES string of the molecule is CCCCC/C=C\C/C=C\CCCCCCCCC(=O)OCC(COC(=O)CCCN(C)C)COC(=O)CC12CC3CC(C)(CC(C)(C3)C1)C2. The lowest BCUT2D eigenvalue weighted by atomic mass is 9.40. The molecule has 0 saturated heterocycles. The number of hydrogen-bond donors (Lipinski definition) is 0. The van der Waals surface area contributed by atoms with E-state index in [-0.39, 0.29) is 49.1 Å². The Kier molecular flexibility index (Phi) is 18.6. The summed E-state index contributed by atoms with van der Waals surface area (Å²) in [5.41, 5.74) is 0.727. The van der Waals surface area contributed by atoms with E-state index in [0.717, 1.165) is 70.3 Å². The maximum absolute atomic E-state index is 13.3. The number of carbonyl (C=O) groups excluding carboxylic acids is 3. The molecule has 3 atom stereocenters. The summed E-state index contributed by atoms with van der Waals surface area (Å²) in [6, 6.07) is 0. The van der Waals surface area contributed by atoms with E-state index in [0.29, 0.717) is 30.1 Å². The van der Waals surface area contributed by atoms with Gasteiger partial charge in [0.1, 0.15) is 19.8 Å². The van der Waals surface area contributed by atoms with Crippen LogP contribution in [0, 0.1) is 28.1 Å². The van der Waals surface area contributed by atoms with Crippen LogP contribution in [0.4, 0.5) is 0 Å². The first-order valence-electron chi connectivity index (χ1n) is 20.4. The number of allylic oxidation sites excluding steroid dienone is 4. The average Bonchev–Trinajstić information content (AvgIpc) is 3.02. The molecule has 0 aromatic rings. The van der Waals surface area contributed by atoms with Crippen LogP contribution in [0.5, 0.6) is 0 Å². The van der Waals surface area contributed by atoms with Crippen LogP contribution >= 0.6 is 0 Å². The van der Waals surface area contributed by atoms with Gasteiger partial charge < -0.3 is 19.1 Å². The summed E-state index contributed by atoms with van der Waals surface area (Å²) in [5, 5.41) is 0. The average molecular weight is 700 g/mol. The third-order valence-electron chi connectivity index (χ3n) is 11.3. The number of nitrogens with zero attached hydrogens (tertiary/aromatic N) is 1. The van der Waals surface area contributed by atoms with Crippen molar-refractivity contribution in [1.29, 1.82) is 0 Å². The number of unbranched alkanes of at least 4 members (excludes halogenated alkanes) is 9. The van der Waals surface area contributed by atoms with Gasteiger partial charge in [-0.3, -0.25) is 14.4 Å². The number of esters is 3. The minimum Gasteiger partial charge on any atom is -0.465 e. The van der Waals surface area contributed by atoms with Crippen molar-refractivity contribution in [3.8, 4) is 0 Å². The van der Waals surface area contributed by atoms with Crippen LogP contribution in [0.2, 0.25) is 0 Å². The molecule has 286 valence electrons. The summed E-state index contributed by atoms with van der Waals surface area (Å²) in [6.45, 7) is 8.15. The van der Waals surface area contributed by atoms with Gasteiger partial charge in [0.05, 0.1) is 12.3 Å². The molecule has 4 aliphatic rings. The number of ether oxygens (including phenoxy) is 3. The number of rotatable bonds is 27. The Bertz CT molecular complexity index is 1060. The van der Waals surface area contributed by atoms with Gasteiger partial charge >= 0.3 is 17.9 Å². The zero-order valence-corrected chi connectivity index (χ0v) is 32.7. The minimum absolute atomic E-state index is 0.0443. The van der Waals surface area contributed by atoms with Crippen molar-refractivity contribution >= 4 is 17.9 Å². The molecule has 0 radical (unpaired) electrons. The van der Waals surface area contributed by atoms with Crippen LogP contribution in [0.1, 0.15) is 162 Å². The zero-order chi connectivity index (χ0) is 36.3. The maximum Gasteiger partial charge on any atom is 0.306 e. The largest absolute Gasteiger partial charge is 0.465 e. The Morgan fingerprint density at radius 2 is 1.18 bits per heavy atom. The van der Waals surface area contributed by atoms with E-state index in [4.69, 9.17) is 14.2 Å². The van der Waals surface area contributed by atoms with Gasteiger partial charge in [0, 0.05) is 12.8 Å². The number of hydrogen-bond acceptors (Lipinski definition) is 7. The molecule has 4 saturated carbocycles. The lowest BCUT2D eigenvalue weighted by molar-refractivity contribution is -0.170.